The first-order chi connectivity index (χ1) is 4.88. The molecule has 10 heavy (non-hydrogen) atoms. The topological polar surface area (TPSA) is 66.2 Å². The second kappa shape index (κ2) is 1.73. The van der Waals surface area contributed by atoms with Gasteiger partial charge in [-0.1, -0.05) is 0 Å². The zero-order chi connectivity index (χ0) is 6.97. The summed E-state index contributed by atoms with van der Waals surface area (Å²) in [5.74, 6) is -0.234. The van der Waals surface area contributed by atoms with Crippen LogP contribution >= 0.6 is 0 Å². The molecule has 0 bridgehead atoms. The Morgan fingerprint density at radius 3 is 3.30 bits per heavy atom. The van der Waals surface area contributed by atoms with Crippen molar-refractivity contribution >= 4 is 24.2 Å². The highest BCUT2D eigenvalue weighted by Crippen LogP contribution is 2.00. The monoisotopic (exact) mass is 136 g/mol. The Labute approximate surface area is 56.6 Å². The number of hydrazone groups is 1. The normalized spacial score (nSPS) is 27.8. The van der Waals surface area contributed by atoms with Gasteiger partial charge in [0.05, 0.1) is 11.9 Å². The molecular formula is C5H4N4O. The lowest BCUT2D eigenvalue weighted by atomic mass is 10.2. The van der Waals surface area contributed by atoms with E-state index < -0.39 is 6.04 Å². The van der Waals surface area contributed by atoms with Crippen LogP contribution in [0.15, 0.2) is 15.1 Å². The number of fused-ring (bicyclic) bond motifs is 1. The zero-order valence-electron chi connectivity index (χ0n) is 4.98. The fraction of sp³-hybridized carbons (Fsp3) is 0.200. The molecule has 0 saturated carbocycles. The van der Waals surface area contributed by atoms with Crippen molar-refractivity contribution in [3.63, 3.8) is 0 Å². The number of hydrogen-bond acceptors (Lipinski definition) is 4. The minimum atomic E-state index is -0.426. The van der Waals surface area contributed by atoms with Gasteiger partial charge in [0.2, 0.25) is 0 Å². The Hall–Kier alpha value is -1.52. The SMILES string of the molecule is O=C1N=CN=C2C=NN[C@H]12. The second-order valence-corrected chi connectivity index (χ2v) is 1.96. The van der Waals surface area contributed by atoms with Gasteiger partial charge in [-0.05, 0) is 0 Å². The predicted molar refractivity (Wildman–Crippen MR) is 36.3 cm³/mol. The maximum Gasteiger partial charge on any atom is 0.277 e. The van der Waals surface area contributed by atoms with Gasteiger partial charge in [0.25, 0.3) is 5.91 Å². The van der Waals surface area contributed by atoms with Crippen LogP contribution in [0.4, 0.5) is 0 Å². The molecule has 0 spiro atoms. The Morgan fingerprint density at radius 2 is 2.50 bits per heavy atom. The summed E-state index contributed by atoms with van der Waals surface area (Å²) in [7, 11) is 0. The van der Waals surface area contributed by atoms with Gasteiger partial charge >= 0.3 is 0 Å². The molecule has 1 amide bonds. The van der Waals surface area contributed by atoms with Crippen LogP contribution in [-0.2, 0) is 4.79 Å². The van der Waals surface area contributed by atoms with Crippen LogP contribution in [-0.4, -0.2) is 30.2 Å². The molecule has 1 N–H and O–H groups in total. The van der Waals surface area contributed by atoms with Crippen LogP contribution < -0.4 is 5.43 Å². The van der Waals surface area contributed by atoms with Crippen molar-refractivity contribution in [1.29, 1.82) is 0 Å². The molecule has 0 saturated heterocycles. The van der Waals surface area contributed by atoms with Crippen molar-refractivity contribution in [1.82, 2.24) is 5.43 Å². The lowest BCUT2D eigenvalue weighted by Gasteiger charge is -2.07. The molecule has 2 rings (SSSR count). The first-order valence-corrected chi connectivity index (χ1v) is 2.80. The summed E-state index contributed by atoms with van der Waals surface area (Å²) < 4.78 is 0. The Morgan fingerprint density at radius 1 is 1.60 bits per heavy atom. The van der Waals surface area contributed by atoms with Crippen LogP contribution in [0.3, 0.4) is 0 Å². The molecule has 0 radical (unpaired) electrons. The molecule has 0 aromatic carbocycles. The lowest BCUT2D eigenvalue weighted by molar-refractivity contribution is -0.118. The van der Waals surface area contributed by atoms with Crippen molar-refractivity contribution in [3.8, 4) is 0 Å². The first kappa shape index (κ1) is 5.28. The van der Waals surface area contributed by atoms with Crippen molar-refractivity contribution < 1.29 is 4.79 Å². The molecule has 0 fully saturated rings. The molecule has 0 unspecified atom stereocenters. The Kier molecular flexibility index (Phi) is 0.913. The van der Waals surface area contributed by atoms with Gasteiger partial charge in [-0.2, -0.15) is 10.1 Å². The molecule has 5 nitrogen and oxygen atoms in total. The standard InChI is InChI=1S/C5H4N4O/c10-5-4-3(1-8-9-4)6-2-7-5/h1-2,4,9H/t4-/m0/s1. The number of rotatable bonds is 0. The number of nitrogens with one attached hydrogen (secondary N) is 1. The number of aliphatic imine (C=N–C) groups is 2. The summed E-state index contributed by atoms with van der Waals surface area (Å²) in [5.41, 5.74) is 3.22. The smallest absolute Gasteiger partial charge is 0.277 e. The van der Waals surface area contributed by atoms with Gasteiger partial charge < -0.3 is 0 Å². The minimum absolute atomic E-state index is 0.234. The van der Waals surface area contributed by atoms with E-state index in [1.54, 1.807) is 0 Å². The van der Waals surface area contributed by atoms with Crippen molar-refractivity contribution in [2.75, 3.05) is 0 Å². The molecule has 5 heteroatoms. The van der Waals surface area contributed by atoms with E-state index in [1.807, 2.05) is 0 Å². The number of hydrogen-bond donors (Lipinski definition) is 1. The third-order valence-corrected chi connectivity index (χ3v) is 1.33. The van der Waals surface area contributed by atoms with Gasteiger partial charge in [-0.3, -0.25) is 10.2 Å². The summed E-state index contributed by atoms with van der Waals surface area (Å²) >= 11 is 0. The Balaban J connectivity index is 2.40. The second-order valence-electron chi connectivity index (χ2n) is 1.96. The highest BCUT2D eigenvalue weighted by Gasteiger charge is 2.27. The summed E-state index contributed by atoms with van der Waals surface area (Å²) in [5, 5.41) is 3.67. The van der Waals surface area contributed by atoms with Crippen LogP contribution in [0.5, 0.6) is 0 Å². The van der Waals surface area contributed by atoms with E-state index in [2.05, 4.69) is 20.5 Å². The van der Waals surface area contributed by atoms with Crippen molar-refractivity contribution in [2.45, 2.75) is 6.04 Å². The van der Waals surface area contributed by atoms with Gasteiger partial charge in [0, 0.05) is 0 Å². The molecule has 0 aromatic heterocycles. The predicted octanol–water partition coefficient (Wildman–Crippen LogP) is -1.05. The molecule has 1 atom stereocenters. The van der Waals surface area contributed by atoms with E-state index >= 15 is 0 Å². The fourth-order valence-corrected chi connectivity index (χ4v) is 0.835. The zero-order valence-corrected chi connectivity index (χ0v) is 4.98. The molecule has 2 aliphatic rings. The molecule has 50 valence electrons. The number of carbonyl (C=O) groups excluding carboxylic acids is 1. The van der Waals surface area contributed by atoms with Crippen LogP contribution in [0.1, 0.15) is 0 Å². The maximum atomic E-state index is 10.9. The van der Waals surface area contributed by atoms with Crippen LogP contribution in [0, 0.1) is 0 Å². The highest BCUT2D eigenvalue weighted by molar-refractivity contribution is 6.41. The third-order valence-electron chi connectivity index (χ3n) is 1.33. The van der Waals surface area contributed by atoms with Gasteiger partial charge in [0.1, 0.15) is 6.34 Å². The summed E-state index contributed by atoms with van der Waals surface area (Å²) in [6, 6.07) is -0.426. The Bertz CT molecular complexity index is 265. The van der Waals surface area contributed by atoms with Crippen LogP contribution in [0.25, 0.3) is 0 Å². The molecule has 2 heterocycles. The highest BCUT2D eigenvalue weighted by atomic mass is 16.2. The first-order valence-electron chi connectivity index (χ1n) is 2.80. The number of nitrogens with zero attached hydrogens (tertiary/aromatic N) is 3. The number of carbonyl (C=O) groups is 1. The third kappa shape index (κ3) is 0.570. The largest absolute Gasteiger partial charge is 0.291 e. The number of amides is 1. The maximum absolute atomic E-state index is 10.9. The summed E-state index contributed by atoms with van der Waals surface area (Å²) in [6.07, 6.45) is 2.76. The van der Waals surface area contributed by atoms with E-state index in [1.165, 1.54) is 12.6 Å². The molecule has 0 aliphatic carbocycles. The van der Waals surface area contributed by atoms with Gasteiger partial charge in [-0.15, -0.1) is 0 Å². The summed E-state index contributed by atoms with van der Waals surface area (Å²) in [4.78, 5) is 18.2. The average Bonchev–Trinajstić information content (AvgIpc) is 2.36. The van der Waals surface area contributed by atoms with E-state index in [0.29, 0.717) is 5.71 Å². The lowest BCUT2D eigenvalue weighted by Crippen LogP contribution is -2.37. The molecular weight excluding hydrogens is 132 g/mol. The van der Waals surface area contributed by atoms with E-state index in [0.717, 1.165) is 0 Å². The summed E-state index contributed by atoms with van der Waals surface area (Å²) in [6.45, 7) is 0. The fourth-order valence-electron chi connectivity index (χ4n) is 0.835. The van der Waals surface area contributed by atoms with E-state index in [4.69, 9.17) is 0 Å². The van der Waals surface area contributed by atoms with Crippen molar-refractivity contribution in [2.24, 2.45) is 15.1 Å². The minimum Gasteiger partial charge on any atom is -0.291 e. The van der Waals surface area contributed by atoms with E-state index in [9.17, 15) is 4.79 Å². The molecule has 0 aromatic rings. The van der Waals surface area contributed by atoms with Gasteiger partial charge in [-0.25, -0.2) is 4.99 Å². The quantitative estimate of drug-likeness (QED) is 0.462. The average molecular weight is 136 g/mol. The van der Waals surface area contributed by atoms with Gasteiger partial charge in [0.15, 0.2) is 6.04 Å². The van der Waals surface area contributed by atoms with E-state index in [-0.39, 0.29) is 5.91 Å². The van der Waals surface area contributed by atoms with Crippen LogP contribution in [0.2, 0.25) is 0 Å². The van der Waals surface area contributed by atoms with Crippen molar-refractivity contribution in [3.05, 3.63) is 0 Å². The molecule has 2 aliphatic heterocycles.